The Morgan fingerprint density at radius 3 is 2.74 bits per heavy atom. The molecule has 0 spiro atoms. The van der Waals surface area contributed by atoms with Gasteiger partial charge < -0.3 is 19.2 Å². The van der Waals surface area contributed by atoms with E-state index in [1.807, 2.05) is 19.1 Å². The van der Waals surface area contributed by atoms with Crippen molar-refractivity contribution in [3.63, 3.8) is 0 Å². The summed E-state index contributed by atoms with van der Waals surface area (Å²) < 4.78 is 40.4. The van der Waals surface area contributed by atoms with Crippen molar-refractivity contribution < 1.29 is 22.6 Å². The van der Waals surface area contributed by atoms with E-state index in [4.69, 9.17) is 14.2 Å². The first-order valence-electron chi connectivity index (χ1n) is 9.44. The summed E-state index contributed by atoms with van der Waals surface area (Å²) in [7, 11) is -1.75. The molecule has 1 aliphatic rings. The Morgan fingerprint density at radius 2 is 2.10 bits per heavy atom. The van der Waals surface area contributed by atoms with E-state index < -0.39 is 9.84 Å². The molecule has 1 aromatic carbocycles. The summed E-state index contributed by atoms with van der Waals surface area (Å²) in [5, 5.41) is 1.75. The van der Waals surface area contributed by atoms with Crippen molar-refractivity contribution in [1.29, 1.82) is 0 Å². The molecule has 4 rings (SSSR count). The molecule has 8 nitrogen and oxygen atoms in total. The molecule has 0 fully saturated rings. The number of H-pyrrole nitrogens is 1. The zero-order valence-electron chi connectivity index (χ0n) is 17.2. The second-order valence-corrected chi connectivity index (χ2v) is 9.87. The van der Waals surface area contributed by atoms with Crippen LogP contribution < -0.4 is 9.47 Å². The maximum atomic E-state index is 11.6. The lowest BCUT2D eigenvalue weighted by Gasteiger charge is -2.16. The van der Waals surface area contributed by atoms with E-state index >= 15 is 0 Å². The first-order valence-corrected chi connectivity index (χ1v) is 12.1. The number of methoxy groups -OCH3 is 1. The number of nitrogens with one attached hydrogen (secondary N) is 1. The van der Waals surface area contributed by atoms with Crippen LogP contribution in [0.2, 0.25) is 0 Å². The first kappa shape index (κ1) is 21.7. The highest BCUT2D eigenvalue weighted by atomic mass is 32.2. The van der Waals surface area contributed by atoms with E-state index in [2.05, 4.69) is 20.7 Å². The van der Waals surface area contributed by atoms with Gasteiger partial charge in [-0.15, -0.1) is 0 Å². The van der Waals surface area contributed by atoms with Crippen molar-refractivity contribution in [2.75, 3.05) is 26.5 Å². The van der Waals surface area contributed by atoms with Gasteiger partial charge in [-0.3, -0.25) is 4.99 Å². The predicted octanol–water partition coefficient (Wildman–Crippen LogP) is 3.70. The molecule has 1 atom stereocenters. The van der Waals surface area contributed by atoms with Crippen LogP contribution in [0, 0.1) is 5.75 Å². The Hall–Kier alpha value is -2.56. The summed E-state index contributed by atoms with van der Waals surface area (Å²) >= 11 is 1.47. The SMILES string of the molecule is COCC(C)Oc1cc(Oc2ccc(S(C)(=O)=O)nc2)cc2cc(C3=NC[C]S3)[nH]c12. The van der Waals surface area contributed by atoms with Crippen molar-refractivity contribution in [3.05, 3.63) is 48.0 Å². The minimum atomic E-state index is -3.37. The number of fused-ring (bicyclic) bond motifs is 1. The molecule has 3 aromatic rings. The van der Waals surface area contributed by atoms with Crippen LogP contribution in [0.5, 0.6) is 17.2 Å². The number of benzene rings is 1. The number of nitrogens with zero attached hydrogens (tertiary/aromatic N) is 2. The Labute approximate surface area is 184 Å². The minimum Gasteiger partial charge on any atom is -0.486 e. The third kappa shape index (κ3) is 5.03. The van der Waals surface area contributed by atoms with Crippen molar-refractivity contribution in [2.45, 2.75) is 18.1 Å². The number of hydrogen-bond acceptors (Lipinski definition) is 8. The number of rotatable bonds is 8. The second-order valence-electron chi connectivity index (χ2n) is 7.03. The van der Waals surface area contributed by atoms with Crippen LogP contribution in [0.1, 0.15) is 12.6 Å². The third-order valence-electron chi connectivity index (χ3n) is 4.41. The van der Waals surface area contributed by atoms with Crippen molar-refractivity contribution in [3.8, 4) is 17.2 Å². The molecule has 2 aromatic heterocycles. The molecule has 0 saturated carbocycles. The largest absolute Gasteiger partial charge is 0.486 e. The van der Waals surface area contributed by atoms with E-state index in [9.17, 15) is 8.42 Å². The highest BCUT2D eigenvalue weighted by molar-refractivity contribution is 8.16. The van der Waals surface area contributed by atoms with Crippen LogP contribution in [-0.2, 0) is 14.6 Å². The maximum absolute atomic E-state index is 11.6. The lowest BCUT2D eigenvalue weighted by atomic mass is 10.2. The van der Waals surface area contributed by atoms with E-state index in [0.717, 1.165) is 27.9 Å². The Bertz CT molecular complexity index is 1220. The van der Waals surface area contributed by atoms with Crippen LogP contribution in [0.3, 0.4) is 0 Å². The normalized spacial score (nSPS) is 15.1. The quantitative estimate of drug-likeness (QED) is 0.548. The van der Waals surface area contributed by atoms with Crippen molar-refractivity contribution in [2.24, 2.45) is 4.99 Å². The van der Waals surface area contributed by atoms with Gasteiger partial charge in [0.25, 0.3) is 0 Å². The zero-order valence-corrected chi connectivity index (χ0v) is 18.8. The van der Waals surface area contributed by atoms with Gasteiger partial charge in [0, 0.05) is 24.8 Å². The predicted molar refractivity (Wildman–Crippen MR) is 120 cm³/mol. The number of aromatic amines is 1. The number of thioether (sulfide) groups is 1. The lowest BCUT2D eigenvalue weighted by Crippen LogP contribution is -2.18. The molecule has 0 aliphatic carbocycles. The number of sulfone groups is 1. The van der Waals surface area contributed by atoms with Crippen LogP contribution >= 0.6 is 11.8 Å². The van der Waals surface area contributed by atoms with Crippen molar-refractivity contribution >= 4 is 37.5 Å². The van der Waals surface area contributed by atoms with E-state index in [1.54, 1.807) is 19.2 Å². The monoisotopic (exact) mass is 459 g/mol. The maximum Gasteiger partial charge on any atom is 0.192 e. The Balaban J connectivity index is 1.69. The molecule has 0 bridgehead atoms. The van der Waals surface area contributed by atoms with Crippen LogP contribution in [0.15, 0.2) is 46.5 Å². The number of ether oxygens (including phenoxy) is 3. The molecule has 2 radical (unpaired) electrons. The van der Waals surface area contributed by atoms with Gasteiger partial charge in [0.05, 0.1) is 36.3 Å². The number of aliphatic imine (C=N–C) groups is 1. The molecule has 1 aliphatic heterocycles. The minimum absolute atomic E-state index is 0.00793. The second kappa shape index (κ2) is 8.89. The summed E-state index contributed by atoms with van der Waals surface area (Å²) in [5.74, 6) is 4.67. The van der Waals surface area contributed by atoms with E-state index in [1.165, 1.54) is 24.0 Å². The summed E-state index contributed by atoms with van der Waals surface area (Å²) in [4.78, 5) is 11.8. The summed E-state index contributed by atoms with van der Waals surface area (Å²) in [6, 6.07) is 8.63. The van der Waals surface area contributed by atoms with Gasteiger partial charge in [0.1, 0.15) is 28.4 Å². The van der Waals surface area contributed by atoms with E-state index in [-0.39, 0.29) is 11.1 Å². The van der Waals surface area contributed by atoms with Gasteiger partial charge in [-0.2, -0.15) is 0 Å². The van der Waals surface area contributed by atoms with Gasteiger partial charge in [-0.25, -0.2) is 13.4 Å². The summed E-state index contributed by atoms with van der Waals surface area (Å²) in [6.07, 6.45) is 2.32. The molecule has 31 heavy (non-hydrogen) atoms. The zero-order chi connectivity index (χ0) is 22.0. The average Bonchev–Trinajstić information content (AvgIpc) is 3.37. The van der Waals surface area contributed by atoms with Crippen LogP contribution in [0.4, 0.5) is 0 Å². The lowest BCUT2D eigenvalue weighted by molar-refractivity contribution is 0.0928. The molecular weight excluding hydrogens is 438 g/mol. The molecule has 1 unspecified atom stereocenters. The number of aromatic nitrogens is 2. The highest BCUT2D eigenvalue weighted by Crippen LogP contribution is 2.36. The summed E-state index contributed by atoms with van der Waals surface area (Å²) in [6.45, 7) is 2.92. The van der Waals surface area contributed by atoms with Gasteiger partial charge in [-0.05, 0) is 31.2 Å². The molecule has 3 heterocycles. The number of pyridine rings is 1. The fourth-order valence-electron chi connectivity index (χ4n) is 3.10. The van der Waals surface area contributed by atoms with Gasteiger partial charge >= 0.3 is 0 Å². The average molecular weight is 460 g/mol. The molecule has 1 N–H and O–H groups in total. The molecule has 10 heteroatoms. The van der Waals surface area contributed by atoms with Crippen LogP contribution in [0.25, 0.3) is 10.9 Å². The smallest absolute Gasteiger partial charge is 0.192 e. The third-order valence-corrected chi connectivity index (χ3v) is 6.22. The first-order chi connectivity index (χ1) is 14.8. The molecule has 0 amide bonds. The van der Waals surface area contributed by atoms with Crippen molar-refractivity contribution in [1.82, 2.24) is 9.97 Å². The molecule has 162 valence electrons. The van der Waals surface area contributed by atoms with Crippen LogP contribution in [-0.4, -0.2) is 56.1 Å². The standard InChI is InChI=1S/C21H21N3O5S2/c1-13(12-27-2)28-18-10-16(29-15-4-5-19(23-11-15)31(3,25)26)8-14-9-17(24-20(14)18)21-22-6-7-30-21/h4-5,8-11,13,24H,6,12H2,1-3H3. The summed E-state index contributed by atoms with van der Waals surface area (Å²) in [5.41, 5.74) is 1.71. The Morgan fingerprint density at radius 1 is 1.26 bits per heavy atom. The molecule has 0 saturated heterocycles. The highest BCUT2D eigenvalue weighted by Gasteiger charge is 2.18. The fourth-order valence-corrected chi connectivity index (χ4v) is 4.27. The molecular formula is C21H21N3O5S2. The van der Waals surface area contributed by atoms with E-state index in [0.29, 0.717) is 30.4 Å². The van der Waals surface area contributed by atoms with Gasteiger partial charge in [-0.1, -0.05) is 11.8 Å². The topological polar surface area (TPSA) is 103 Å². The Kier molecular flexibility index (Phi) is 6.22. The van der Waals surface area contributed by atoms with Gasteiger partial charge in [0.15, 0.2) is 14.9 Å². The van der Waals surface area contributed by atoms with Gasteiger partial charge in [0.2, 0.25) is 0 Å². The number of hydrogen-bond donors (Lipinski definition) is 1. The fraction of sp³-hybridized carbons (Fsp3) is 0.286.